The third kappa shape index (κ3) is 5.42. The van der Waals surface area contributed by atoms with Gasteiger partial charge in [-0.3, -0.25) is 9.69 Å². The summed E-state index contributed by atoms with van der Waals surface area (Å²) in [6, 6.07) is 5.42. The number of likely N-dealkylation sites (N-methyl/N-ethyl adjacent to an activating group) is 1. The van der Waals surface area contributed by atoms with Crippen LogP contribution in [0.25, 0.3) is 0 Å². The lowest BCUT2D eigenvalue weighted by molar-refractivity contribution is -0.131. The molecule has 2 saturated heterocycles. The van der Waals surface area contributed by atoms with Gasteiger partial charge in [-0.05, 0) is 44.0 Å². The van der Waals surface area contributed by atoms with E-state index in [0.717, 1.165) is 51.3 Å². The predicted molar refractivity (Wildman–Crippen MR) is 105 cm³/mol. The topological polar surface area (TPSA) is 36.0 Å². The van der Waals surface area contributed by atoms with Crippen molar-refractivity contribution in [1.29, 1.82) is 0 Å². The molecule has 2 fully saturated rings. The van der Waals surface area contributed by atoms with Gasteiger partial charge in [0.2, 0.25) is 5.91 Å². The van der Waals surface area contributed by atoms with E-state index in [9.17, 15) is 9.18 Å². The summed E-state index contributed by atoms with van der Waals surface area (Å²) in [5.41, 5.74) is 0.840. The van der Waals surface area contributed by atoms with E-state index < -0.39 is 0 Å². The molecule has 1 unspecified atom stereocenters. The molecule has 0 radical (unpaired) electrons. The van der Waals surface area contributed by atoms with Crippen molar-refractivity contribution in [3.8, 4) is 5.75 Å². The van der Waals surface area contributed by atoms with Crippen LogP contribution in [0.3, 0.4) is 0 Å². The monoisotopic (exact) mass is 377 g/mol. The van der Waals surface area contributed by atoms with Crippen LogP contribution in [0.1, 0.15) is 31.2 Å². The zero-order chi connectivity index (χ0) is 19.2. The highest BCUT2D eigenvalue weighted by Gasteiger charge is 2.27. The van der Waals surface area contributed by atoms with Crippen LogP contribution in [0.2, 0.25) is 0 Å². The maximum atomic E-state index is 13.8. The second-order valence-electron chi connectivity index (χ2n) is 7.80. The Bertz CT molecular complexity index is 632. The Labute approximate surface area is 162 Å². The van der Waals surface area contributed by atoms with E-state index in [1.54, 1.807) is 6.07 Å². The number of halogens is 1. The van der Waals surface area contributed by atoms with Crippen molar-refractivity contribution in [2.75, 3.05) is 53.4 Å². The molecule has 3 rings (SSSR count). The Morgan fingerprint density at radius 1 is 1.19 bits per heavy atom. The van der Waals surface area contributed by atoms with Crippen LogP contribution in [0.4, 0.5) is 4.39 Å². The lowest BCUT2D eigenvalue weighted by atomic mass is 10.1. The van der Waals surface area contributed by atoms with E-state index >= 15 is 0 Å². The van der Waals surface area contributed by atoms with Gasteiger partial charge in [0, 0.05) is 51.7 Å². The minimum Gasteiger partial charge on any atom is -0.494 e. The largest absolute Gasteiger partial charge is 0.494 e. The lowest BCUT2D eigenvalue weighted by Crippen LogP contribution is -2.52. The number of likely N-dealkylation sites (tertiary alicyclic amines) is 1. The third-order valence-electron chi connectivity index (χ3n) is 5.90. The lowest BCUT2D eigenvalue weighted by Gasteiger charge is -2.39. The maximum absolute atomic E-state index is 13.8. The first-order chi connectivity index (χ1) is 13.1. The standard InChI is InChI=1S/C21H32FN3O2/c1-23-11-13-24(14-12-23)18-5-3-4-10-25(16-18)21(26)9-7-17-6-8-20(27-2)19(22)15-17/h6,8,15,18H,3-5,7,9-14,16H2,1-2H3. The van der Waals surface area contributed by atoms with Crippen molar-refractivity contribution in [2.45, 2.75) is 38.1 Å². The van der Waals surface area contributed by atoms with Crippen LogP contribution in [-0.4, -0.2) is 80.1 Å². The Morgan fingerprint density at radius 3 is 2.67 bits per heavy atom. The number of ether oxygens (including phenoxy) is 1. The van der Waals surface area contributed by atoms with E-state index in [1.807, 2.05) is 11.0 Å². The summed E-state index contributed by atoms with van der Waals surface area (Å²) in [4.78, 5) is 19.8. The number of hydrogen-bond acceptors (Lipinski definition) is 4. The molecule has 2 heterocycles. The molecule has 1 atom stereocenters. The quantitative estimate of drug-likeness (QED) is 0.790. The summed E-state index contributed by atoms with van der Waals surface area (Å²) >= 11 is 0. The number of aryl methyl sites for hydroxylation is 1. The minimum atomic E-state index is -0.368. The average molecular weight is 378 g/mol. The molecule has 0 saturated carbocycles. The van der Waals surface area contributed by atoms with Gasteiger partial charge in [0.25, 0.3) is 0 Å². The average Bonchev–Trinajstić information content (AvgIpc) is 2.93. The summed E-state index contributed by atoms with van der Waals surface area (Å²) in [5.74, 6) is 0.0622. The summed E-state index contributed by atoms with van der Waals surface area (Å²) < 4.78 is 18.8. The smallest absolute Gasteiger partial charge is 0.222 e. The Morgan fingerprint density at radius 2 is 1.96 bits per heavy atom. The summed E-state index contributed by atoms with van der Waals surface area (Å²) in [6.45, 7) is 6.07. The van der Waals surface area contributed by atoms with E-state index in [2.05, 4.69) is 16.8 Å². The second kappa shape index (κ2) is 9.51. The molecule has 2 aliphatic heterocycles. The molecule has 0 spiro atoms. The van der Waals surface area contributed by atoms with E-state index in [4.69, 9.17) is 4.74 Å². The summed E-state index contributed by atoms with van der Waals surface area (Å²) in [5, 5.41) is 0. The van der Waals surface area contributed by atoms with Crippen molar-refractivity contribution in [3.63, 3.8) is 0 Å². The van der Waals surface area contributed by atoms with Crippen LogP contribution in [0.15, 0.2) is 18.2 Å². The fraction of sp³-hybridized carbons (Fsp3) is 0.667. The van der Waals surface area contributed by atoms with Crippen molar-refractivity contribution < 1.29 is 13.9 Å². The number of carbonyl (C=O) groups is 1. The predicted octanol–water partition coefficient (Wildman–Crippen LogP) is 2.40. The highest BCUT2D eigenvalue weighted by atomic mass is 19.1. The Kier molecular flexibility index (Phi) is 7.07. The van der Waals surface area contributed by atoms with Crippen LogP contribution in [0, 0.1) is 5.82 Å². The number of nitrogens with zero attached hydrogens (tertiary/aromatic N) is 3. The van der Waals surface area contributed by atoms with Gasteiger partial charge in [-0.1, -0.05) is 12.5 Å². The highest BCUT2D eigenvalue weighted by molar-refractivity contribution is 5.76. The van der Waals surface area contributed by atoms with Gasteiger partial charge >= 0.3 is 0 Å². The van der Waals surface area contributed by atoms with Crippen LogP contribution >= 0.6 is 0 Å². The molecule has 0 aromatic heterocycles. The molecular weight excluding hydrogens is 345 g/mol. The fourth-order valence-electron chi connectivity index (χ4n) is 4.11. The first kappa shape index (κ1) is 20.1. The van der Waals surface area contributed by atoms with Gasteiger partial charge < -0.3 is 14.5 Å². The van der Waals surface area contributed by atoms with Crippen LogP contribution in [-0.2, 0) is 11.2 Å². The molecule has 1 amide bonds. The molecule has 6 heteroatoms. The Hall–Kier alpha value is -1.66. The van der Waals surface area contributed by atoms with Gasteiger partial charge in [0.1, 0.15) is 0 Å². The second-order valence-corrected chi connectivity index (χ2v) is 7.80. The molecule has 1 aromatic rings. The molecule has 2 aliphatic rings. The molecule has 0 aliphatic carbocycles. The normalized spacial score (nSPS) is 22.5. The molecule has 0 bridgehead atoms. The number of amides is 1. The highest BCUT2D eigenvalue weighted by Crippen LogP contribution is 2.21. The van der Waals surface area contributed by atoms with Gasteiger partial charge in [-0.15, -0.1) is 0 Å². The number of piperazine rings is 1. The van der Waals surface area contributed by atoms with Crippen molar-refractivity contribution in [3.05, 3.63) is 29.6 Å². The fourth-order valence-corrected chi connectivity index (χ4v) is 4.11. The molecule has 1 aromatic carbocycles. The number of hydrogen-bond donors (Lipinski definition) is 0. The first-order valence-corrected chi connectivity index (χ1v) is 10.1. The van der Waals surface area contributed by atoms with E-state index in [-0.39, 0.29) is 17.5 Å². The summed E-state index contributed by atoms with van der Waals surface area (Å²) in [6.07, 6.45) is 4.44. The van der Waals surface area contributed by atoms with Crippen molar-refractivity contribution >= 4 is 5.91 Å². The summed E-state index contributed by atoms with van der Waals surface area (Å²) in [7, 11) is 3.63. The maximum Gasteiger partial charge on any atom is 0.222 e. The van der Waals surface area contributed by atoms with Gasteiger partial charge in [0.05, 0.1) is 7.11 Å². The van der Waals surface area contributed by atoms with E-state index in [0.29, 0.717) is 18.9 Å². The number of carbonyl (C=O) groups excluding carboxylic acids is 1. The van der Waals surface area contributed by atoms with Gasteiger partial charge in [0.15, 0.2) is 11.6 Å². The van der Waals surface area contributed by atoms with Crippen LogP contribution in [0.5, 0.6) is 5.75 Å². The zero-order valence-corrected chi connectivity index (χ0v) is 16.6. The first-order valence-electron chi connectivity index (χ1n) is 10.1. The molecule has 150 valence electrons. The molecule has 5 nitrogen and oxygen atoms in total. The number of benzene rings is 1. The van der Waals surface area contributed by atoms with Crippen molar-refractivity contribution in [2.24, 2.45) is 0 Å². The Balaban J connectivity index is 1.54. The van der Waals surface area contributed by atoms with E-state index in [1.165, 1.54) is 26.0 Å². The number of methoxy groups -OCH3 is 1. The minimum absolute atomic E-state index is 0.187. The SMILES string of the molecule is COc1ccc(CCC(=O)N2CCCCC(N3CCN(C)CC3)C2)cc1F. The third-order valence-corrected chi connectivity index (χ3v) is 5.90. The molecule has 27 heavy (non-hydrogen) atoms. The molecule has 0 N–H and O–H groups in total. The van der Waals surface area contributed by atoms with Gasteiger partial charge in [-0.2, -0.15) is 0 Å². The number of rotatable bonds is 5. The van der Waals surface area contributed by atoms with Crippen LogP contribution < -0.4 is 4.74 Å². The molecular formula is C21H32FN3O2. The van der Waals surface area contributed by atoms with Crippen molar-refractivity contribution in [1.82, 2.24) is 14.7 Å². The zero-order valence-electron chi connectivity index (χ0n) is 16.6. The van der Waals surface area contributed by atoms with Gasteiger partial charge in [-0.25, -0.2) is 4.39 Å².